The predicted octanol–water partition coefficient (Wildman–Crippen LogP) is 3.90. The third kappa shape index (κ3) is 5.25. The van der Waals surface area contributed by atoms with Crippen molar-refractivity contribution in [2.24, 2.45) is 21.3 Å². The molecule has 0 spiro atoms. The van der Waals surface area contributed by atoms with Crippen molar-refractivity contribution < 1.29 is 38.5 Å². The lowest BCUT2D eigenvalue weighted by Gasteiger charge is -2.38. The number of hydrogen-bond donors (Lipinski definition) is 2. The summed E-state index contributed by atoms with van der Waals surface area (Å²) in [7, 11) is 2.58. The predicted molar refractivity (Wildman–Crippen MR) is 199 cm³/mol. The third-order valence-electron chi connectivity index (χ3n) is 11.7. The van der Waals surface area contributed by atoms with Gasteiger partial charge in [-0.15, -0.1) is 0 Å². The molecule has 1 aromatic rings. The molecule has 1 aliphatic carbocycles. The molecule has 0 saturated carbocycles. The van der Waals surface area contributed by atoms with Gasteiger partial charge in [-0.25, -0.2) is 9.79 Å². The molecule has 0 amide bonds. The third-order valence-corrected chi connectivity index (χ3v) is 11.7. The molecule has 12 heteroatoms. The maximum absolute atomic E-state index is 13.7. The van der Waals surface area contributed by atoms with Crippen LogP contribution in [0.3, 0.4) is 0 Å². The van der Waals surface area contributed by atoms with Gasteiger partial charge in [0, 0.05) is 41.7 Å². The van der Waals surface area contributed by atoms with E-state index in [1.807, 2.05) is 52.0 Å². The van der Waals surface area contributed by atoms with Gasteiger partial charge >= 0.3 is 23.9 Å². The molecule has 6 bridgehead atoms. The number of rotatable bonds is 9. The highest BCUT2D eigenvalue weighted by atomic mass is 16.5. The summed E-state index contributed by atoms with van der Waals surface area (Å²) in [5.41, 5.74) is 7.37. The Morgan fingerprint density at radius 2 is 1.77 bits per heavy atom. The fraction of sp³-hybridized carbons (Fsp3) is 0.366. The smallest absolute Gasteiger partial charge is 0.334 e. The number of allylic oxidation sites excluding steroid dienone is 6. The van der Waals surface area contributed by atoms with Crippen LogP contribution in [0.25, 0.3) is 18.2 Å². The molecular formula is C41H42N4O8. The van der Waals surface area contributed by atoms with E-state index in [0.29, 0.717) is 35.7 Å². The van der Waals surface area contributed by atoms with Gasteiger partial charge in [0.05, 0.1) is 66.2 Å². The van der Waals surface area contributed by atoms with Crippen LogP contribution in [0, 0.1) is 18.3 Å². The molecule has 6 aliphatic rings. The normalized spacial score (nSPS) is 29.5. The highest BCUT2D eigenvalue weighted by molar-refractivity contribution is 6.25. The Hall–Kier alpha value is -5.78. The number of ether oxygens (including phenoxy) is 3. The first-order chi connectivity index (χ1) is 25.2. The first-order valence-electron chi connectivity index (χ1n) is 17.5. The van der Waals surface area contributed by atoms with E-state index in [1.54, 1.807) is 12.2 Å². The van der Waals surface area contributed by atoms with Crippen LogP contribution in [-0.4, -0.2) is 82.7 Å². The molecule has 12 nitrogen and oxygen atoms in total. The molecule has 1 aromatic heterocycles. The monoisotopic (exact) mass is 718 g/mol. The van der Waals surface area contributed by atoms with Gasteiger partial charge < -0.3 is 29.2 Å². The van der Waals surface area contributed by atoms with Crippen molar-refractivity contribution in [1.82, 2.24) is 9.88 Å². The molecular weight excluding hydrogens is 676 g/mol. The highest BCUT2D eigenvalue weighted by Crippen LogP contribution is 2.64. The molecule has 2 N–H and O–H groups in total. The molecule has 1 fully saturated rings. The van der Waals surface area contributed by atoms with E-state index < -0.39 is 34.8 Å². The Labute approximate surface area is 306 Å². The second-order valence-electron chi connectivity index (χ2n) is 14.2. The molecule has 6 heterocycles. The number of H-pyrrole nitrogens is 1. The molecule has 53 heavy (non-hydrogen) atoms. The lowest BCUT2D eigenvalue weighted by molar-refractivity contribution is -0.150. The maximum Gasteiger partial charge on any atom is 0.334 e. The Bertz CT molecular complexity index is 2330. The highest BCUT2D eigenvalue weighted by Gasteiger charge is 2.70. The van der Waals surface area contributed by atoms with Crippen LogP contribution in [-0.2, 0) is 33.4 Å². The minimum absolute atomic E-state index is 0.0516. The van der Waals surface area contributed by atoms with Crippen molar-refractivity contribution in [3.05, 3.63) is 97.7 Å². The van der Waals surface area contributed by atoms with Gasteiger partial charge in [0.1, 0.15) is 5.92 Å². The Kier molecular flexibility index (Phi) is 8.54. The number of fused-ring (bicyclic) bond motifs is 8. The molecule has 5 aliphatic heterocycles. The lowest BCUT2D eigenvalue weighted by Crippen LogP contribution is -2.41. The SMILES string of the molecule is C=Cc1c(C)/c2[nH]/c1=C\C1=NC(=C\C3N4C(=C(C)C34CCOC(C)=O)/C=C3N=C(/C=2)C2=CC=C(C(=O)OC)[C@H](C(=O)OC)[C@@]2\3C)/C(CCC(=O)O)=C1C. The molecule has 7 rings (SSSR count). The minimum atomic E-state index is -1.12. The number of carbonyl (C=O) groups excluding carboxylic acids is 3. The first-order valence-corrected chi connectivity index (χ1v) is 17.5. The van der Waals surface area contributed by atoms with Crippen molar-refractivity contribution in [3.63, 3.8) is 0 Å². The van der Waals surface area contributed by atoms with Crippen LogP contribution in [0.4, 0.5) is 0 Å². The summed E-state index contributed by atoms with van der Waals surface area (Å²) in [4.78, 5) is 66.4. The molecule has 274 valence electrons. The number of aliphatic imine (C=N–C) groups is 2. The van der Waals surface area contributed by atoms with Gasteiger partial charge in [0.25, 0.3) is 0 Å². The largest absolute Gasteiger partial charge is 0.481 e. The lowest BCUT2D eigenvalue weighted by atomic mass is 9.64. The van der Waals surface area contributed by atoms with Crippen molar-refractivity contribution in [1.29, 1.82) is 0 Å². The fourth-order valence-corrected chi connectivity index (χ4v) is 8.78. The standard InChI is InChI=1S/C41H42N4O8/c1-9-24-20(2)29-17-32-27-12-10-26(38(49)51-7)37(39(50)52-8)40(27,6)34(44-32)19-33-22(4)41(14-15-53-23(5)46)35(45(33)41)18-31-25(11-13-36(47)48)21(3)28(43-31)16-30(24)42-29/h9-10,12,16-19,35,37,42H,1,11,13-15H2,2-8H3,(H,47,48)/b29-17+,30-16-,31-18-,34-19-/t35?,37-,40+,41?,45?/m1/s1. The Balaban J connectivity index is 1.50. The van der Waals surface area contributed by atoms with Gasteiger partial charge in [-0.2, -0.15) is 0 Å². The van der Waals surface area contributed by atoms with Gasteiger partial charge in [0.15, 0.2) is 0 Å². The zero-order chi connectivity index (χ0) is 38.1. The van der Waals surface area contributed by atoms with Crippen molar-refractivity contribution in [3.8, 4) is 0 Å². The summed E-state index contributed by atoms with van der Waals surface area (Å²) in [5.74, 6) is -3.56. The number of hydrogen-bond acceptors (Lipinski definition) is 10. The summed E-state index contributed by atoms with van der Waals surface area (Å²) in [6, 6.07) is -0.181. The number of carbonyl (C=O) groups is 4. The summed E-state index contributed by atoms with van der Waals surface area (Å²) in [6.45, 7) is 13.6. The van der Waals surface area contributed by atoms with E-state index in [9.17, 15) is 24.3 Å². The van der Waals surface area contributed by atoms with Crippen LogP contribution in [0.5, 0.6) is 0 Å². The summed E-state index contributed by atoms with van der Waals surface area (Å²) >= 11 is 0. The van der Waals surface area contributed by atoms with E-state index in [1.165, 1.54) is 21.1 Å². The molecule has 1 saturated heterocycles. The quantitative estimate of drug-likeness (QED) is 0.219. The maximum atomic E-state index is 13.7. The minimum Gasteiger partial charge on any atom is -0.481 e. The summed E-state index contributed by atoms with van der Waals surface area (Å²) in [6.07, 6.45) is 13.9. The van der Waals surface area contributed by atoms with E-state index in [4.69, 9.17) is 24.2 Å². The summed E-state index contributed by atoms with van der Waals surface area (Å²) < 4.78 is 15.9. The zero-order valence-corrected chi connectivity index (χ0v) is 30.9. The van der Waals surface area contributed by atoms with Crippen LogP contribution in [0.1, 0.15) is 58.1 Å². The van der Waals surface area contributed by atoms with Crippen molar-refractivity contribution in [2.75, 3.05) is 20.8 Å². The van der Waals surface area contributed by atoms with Crippen LogP contribution < -0.4 is 10.7 Å². The molecule has 0 aromatic carbocycles. The van der Waals surface area contributed by atoms with Gasteiger partial charge in [-0.1, -0.05) is 24.8 Å². The zero-order valence-electron chi connectivity index (χ0n) is 30.9. The number of carboxylic acids is 1. The number of aliphatic carboxylic acids is 1. The number of methoxy groups -OCH3 is 2. The van der Waals surface area contributed by atoms with Gasteiger partial charge in [0.2, 0.25) is 0 Å². The average Bonchev–Trinajstić information content (AvgIpc) is 3.25. The Morgan fingerprint density at radius 3 is 2.43 bits per heavy atom. The number of aromatic amines is 1. The summed E-state index contributed by atoms with van der Waals surface area (Å²) in [5, 5.41) is 11.2. The topological polar surface area (TPSA) is 160 Å². The average molecular weight is 719 g/mol. The van der Waals surface area contributed by atoms with E-state index in [-0.39, 0.29) is 30.6 Å². The molecule has 0 radical (unpaired) electrons. The van der Waals surface area contributed by atoms with Crippen molar-refractivity contribution in [2.45, 2.75) is 65.5 Å². The van der Waals surface area contributed by atoms with E-state index >= 15 is 0 Å². The second-order valence-corrected chi connectivity index (χ2v) is 14.2. The number of esters is 3. The van der Waals surface area contributed by atoms with Gasteiger partial charge in [-0.05, 0) is 86.3 Å². The van der Waals surface area contributed by atoms with Crippen LogP contribution >= 0.6 is 0 Å². The number of nitrogens with zero attached hydrogens (tertiary/aromatic N) is 3. The van der Waals surface area contributed by atoms with E-state index in [0.717, 1.165) is 49.8 Å². The number of nitrogens with one attached hydrogen (secondary N) is 1. The van der Waals surface area contributed by atoms with Gasteiger partial charge in [-0.3, -0.25) is 19.4 Å². The molecule has 4 atom stereocenters. The number of carboxylic acid groups (broad SMARTS) is 1. The van der Waals surface area contributed by atoms with Crippen LogP contribution in [0.15, 0.2) is 85.8 Å². The molecule has 2 unspecified atom stereocenters. The van der Waals surface area contributed by atoms with E-state index in [2.05, 4.69) is 22.5 Å². The number of aromatic nitrogens is 1. The van der Waals surface area contributed by atoms with Crippen LogP contribution in [0.2, 0.25) is 0 Å². The van der Waals surface area contributed by atoms with Crippen molar-refractivity contribution >= 4 is 53.5 Å². The Morgan fingerprint density at radius 1 is 1.04 bits per heavy atom. The first kappa shape index (κ1) is 35.6. The second kappa shape index (κ2) is 12.7. The fourth-order valence-electron chi connectivity index (χ4n) is 8.78.